The predicted molar refractivity (Wildman–Crippen MR) is 62.2 cm³/mol. The van der Waals surface area contributed by atoms with E-state index in [0.29, 0.717) is 5.92 Å². The molecule has 2 aliphatic heterocycles. The highest BCUT2D eigenvalue weighted by Crippen LogP contribution is 2.15. The van der Waals surface area contributed by atoms with Crippen LogP contribution in [0.5, 0.6) is 0 Å². The van der Waals surface area contributed by atoms with Crippen LogP contribution in [0.15, 0.2) is 0 Å². The lowest BCUT2D eigenvalue weighted by Crippen LogP contribution is -2.46. The molecule has 1 amide bonds. The van der Waals surface area contributed by atoms with Crippen molar-refractivity contribution >= 4 is 5.91 Å². The van der Waals surface area contributed by atoms with Crippen LogP contribution in [0.25, 0.3) is 0 Å². The normalized spacial score (nSPS) is 30.2. The van der Waals surface area contributed by atoms with E-state index >= 15 is 0 Å². The van der Waals surface area contributed by atoms with Gasteiger partial charge in [0.25, 0.3) is 0 Å². The van der Waals surface area contributed by atoms with E-state index in [2.05, 4.69) is 10.6 Å². The largest absolute Gasteiger partial charge is 0.381 e. The van der Waals surface area contributed by atoms with E-state index in [1.807, 2.05) is 0 Å². The van der Waals surface area contributed by atoms with Crippen LogP contribution >= 0.6 is 0 Å². The Morgan fingerprint density at radius 3 is 3.00 bits per heavy atom. The fourth-order valence-corrected chi connectivity index (χ4v) is 2.41. The summed E-state index contributed by atoms with van der Waals surface area (Å²) in [7, 11) is 0. The van der Waals surface area contributed by atoms with Crippen LogP contribution in [-0.2, 0) is 9.53 Å². The van der Waals surface area contributed by atoms with Crippen LogP contribution in [0.3, 0.4) is 0 Å². The lowest BCUT2D eigenvalue weighted by molar-refractivity contribution is -0.123. The molecule has 0 aromatic rings. The van der Waals surface area contributed by atoms with Crippen LogP contribution < -0.4 is 10.6 Å². The molecule has 1 unspecified atom stereocenters. The molecular formula is C12H22N2O2. The van der Waals surface area contributed by atoms with Crippen molar-refractivity contribution in [2.24, 2.45) is 5.92 Å². The highest BCUT2D eigenvalue weighted by atomic mass is 16.5. The average molecular weight is 226 g/mol. The molecule has 4 nitrogen and oxygen atoms in total. The SMILES string of the molecule is O=C(NCCC1CCOC1)[C@H]1CCCCN1. The van der Waals surface area contributed by atoms with Gasteiger partial charge in [0.2, 0.25) is 5.91 Å². The molecule has 92 valence electrons. The van der Waals surface area contributed by atoms with Crippen molar-refractivity contribution in [1.29, 1.82) is 0 Å². The van der Waals surface area contributed by atoms with E-state index in [1.165, 1.54) is 12.8 Å². The van der Waals surface area contributed by atoms with Crippen molar-refractivity contribution in [1.82, 2.24) is 10.6 Å². The first kappa shape index (κ1) is 11.9. The van der Waals surface area contributed by atoms with Crippen LogP contribution in [0.1, 0.15) is 32.1 Å². The van der Waals surface area contributed by atoms with Crippen molar-refractivity contribution in [2.45, 2.75) is 38.1 Å². The van der Waals surface area contributed by atoms with Crippen molar-refractivity contribution in [3.63, 3.8) is 0 Å². The summed E-state index contributed by atoms with van der Waals surface area (Å²) in [4.78, 5) is 11.8. The van der Waals surface area contributed by atoms with Gasteiger partial charge >= 0.3 is 0 Å². The molecule has 2 rings (SSSR count). The van der Waals surface area contributed by atoms with Gasteiger partial charge in [0.15, 0.2) is 0 Å². The smallest absolute Gasteiger partial charge is 0.237 e. The van der Waals surface area contributed by atoms with Crippen molar-refractivity contribution in [3.05, 3.63) is 0 Å². The number of amides is 1. The van der Waals surface area contributed by atoms with E-state index < -0.39 is 0 Å². The maximum absolute atomic E-state index is 11.8. The summed E-state index contributed by atoms with van der Waals surface area (Å²) < 4.78 is 5.31. The highest BCUT2D eigenvalue weighted by molar-refractivity contribution is 5.81. The van der Waals surface area contributed by atoms with Crippen LogP contribution in [0.4, 0.5) is 0 Å². The summed E-state index contributed by atoms with van der Waals surface area (Å²) in [6.07, 6.45) is 5.55. The zero-order valence-corrected chi connectivity index (χ0v) is 9.84. The third-order valence-electron chi connectivity index (χ3n) is 3.50. The highest BCUT2D eigenvalue weighted by Gasteiger charge is 2.20. The number of hydrogen-bond acceptors (Lipinski definition) is 3. The molecule has 2 aliphatic rings. The zero-order valence-electron chi connectivity index (χ0n) is 9.84. The number of carbonyl (C=O) groups is 1. The first-order chi connectivity index (χ1) is 7.86. The Morgan fingerprint density at radius 2 is 2.31 bits per heavy atom. The molecule has 4 heteroatoms. The van der Waals surface area contributed by atoms with Gasteiger partial charge < -0.3 is 15.4 Å². The monoisotopic (exact) mass is 226 g/mol. The maximum Gasteiger partial charge on any atom is 0.237 e. The molecule has 2 saturated heterocycles. The lowest BCUT2D eigenvalue weighted by atomic mass is 10.0. The molecule has 0 radical (unpaired) electrons. The number of piperidine rings is 1. The molecule has 2 fully saturated rings. The molecule has 2 atom stereocenters. The fourth-order valence-electron chi connectivity index (χ4n) is 2.41. The lowest BCUT2D eigenvalue weighted by Gasteiger charge is -2.22. The molecule has 0 aromatic heterocycles. The van der Waals surface area contributed by atoms with Gasteiger partial charge in [0, 0.05) is 19.8 Å². The van der Waals surface area contributed by atoms with E-state index in [9.17, 15) is 4.79 Å². The average Bonchev–Trinajstić information content (AvgIpc) is 2.83. The Bertz CT molecular complexity index is 221. The Labute approximate surface area is 97.1 Å². The topological polar surface area (TPSA) is 50.4 Å². The molecule has 2 heterocycles. The third kappa shape index (κ3) is 3.46. The van der Waals surface area contributed by atoms with Gasteiger partial charge in [0.05, 0.1) is 6.04 Å². The minimum atomic E-state index is 0.0496. The second-order valence-electron chi connectivity index (χ2n) is 4.81. The van der Waals surface area contributed by atoms with Crippen molar-refractivity contribution in [2.75, 3.05) is 26.3 Å². The number of ether oxygens (including phenoxy) is 1. The molecular weight excluding hydrogens is 204 g/mol. The number of rotatable bonds is 4. The summed E-state index contributed by atoms with van der Waals surface area (Å²) in [6, 6.07) is 0.0496. The summed E-state index contributed by atoms with van der Waals surface area (Å²) in [5.74, 6) is 0.832. The molecule has 0 spiro atoms. The second kappa shape index (κ2) is 6.21. The quantitative estimate of drug-likeness (QED) is 0.741. The molecule has 2 N–H and O–H groups in total. The first-order valence-corrected chi connectivity index (χ1v) is 6.45. The molecule has 16 heavy (non-hydrogen) atoms. The van der Waals surface area contributed by atoms with Crippen LogP contribution in [0, 0.1) is 5.92 Å². The minimum Gasteiger partial charge on any atom is -0.381 e. The third-order valence-corrected chi connectivity index (χ3v) is 3.50. The Morgan fingerprint density at radius 1 is 1.38 bits per heavy atom. The zero-order chi connectivity index (χ0) is 11.2. The maximum atomic E-state index is 11.8. The van der Waals surface area contributed by atoms with E-state index in [-0.39, 0.29) is 11.9 Å². The van der Waals surface area contributed by atoms with Gasteiger partial charge in [-0.15, -0.1) is 0 Å². The van der Waals surface area contributed by atoms with Crippen LogP contribution in [0.2, 0.25) is 0 Å². The number of carbonyl (C=O) groups excluding carboxylic acids is 1. The van der Waals surface area contributed by atoms with Gasteiger partial charge in [-0.05, 0) is 38.1 Å². The summed E-state index contributed by atoms with van der Waals surface area (Å²) in [6.45, 7) is 3.54. The first-order valence-electron chi connectivity index (χ1n) is 6.45. The van der Waals surface area contributed by atoms with Crippen LogP contribution in [-0.4, -0.2) is 38.3 Å². The van der Waals surface area contributed by atoms with E-state index in [4.69, 9.17) is 4.74 Å². The summed E-state index contributed by atoms with van der Waals surface area (Å²) in [5.41, 5.74) is 0. The predicted octanol–water partition coefficient (Wildman–Crippen LogP) is 0.671. The van der Waals surface area contributed by atoms with Gasteiger partial charge in [-0.25, -0.2) is 0 Å². The van der Waals surface area contributed by atoms with Gasteiger partial charge in [-0.3, -0.25) is 4.79 Å². The number of nitrogens with one attached hydrogen (secondary N) is 2. The fraction of sp³-hybridized carbons (Fsp3) is 0.917. The Balaban J connectivity index is 1.59. The van der Waals surface area contributed by atoms with Crippen molar-refractivity contribution in [3.8, 4) is 0 Å². The van der Waals surface area contributed by atoms with E-state index in [1.54, 1.807) is 0 Å². The van der Waals surface area contributed by atoms with Gasteiger partial charge in [-0.2, -0.15) is 0 Å². The van der Waals surface area contributed by atoms with Gasteiger partial charge in [-0.1, -0.05) is 6.42 Å². The standard InChI is InChI=1S/C12H22N2O2/c15-12(11-3-1-2-6-13-11)14-7-4-10-5-8-16-9-10/h10-11,13H,1-9H2,(H,14,15)/t10?,11-/m1/s1. The summed E-state index contributed by atoms with van der Waals surface area (Å²) >= 11 is 0. The molecule has 0 saturated carbocycles. The minimum absolute atomic E-state index is 0.0496. The van der Waals surface area contributed by atoms with Crippen molar-refractivity contribution < 1.29 is 9.53 Å². The van der Waals surface area contributed by atoms with Gasteiger partial charge in [0.1, 0.15) is 0 Å². The summed E-state index contributed by atoms with van der Waals surface area (Å²) in [5, 5.41) is 6.28. The molecule has 0 bridgehead atoms. The second-order valence-corrected chi connectivity index (χ2v) is 4.81. The Kier molecular flexibility index (Phi) is 4.60. The van der Waals surface area contributed by atoms with E-state index in [0.717, 1.165) is 45.6 Å². The molecule has 0 aromatic carbocycles. The number of hydrogen-bond donors (Lipinski definition) is 2. The Hall–Kier alpha value is -0.610. The molecule has 0 aliphatic carbocycles.